The number of hydrogen-bond acceptors (Lipinski definition) is 1. The van der Waals surface area contributed by atoms with Gasteiger partial charge in [0.1, 0.15) is 0 Å². The minimum atomic E-state index is 0.730. The highest BCUT2D eigenvalue weighted by Crippen LogP contribution is 2.28. The molecule has 1 atom stereocenters. The molecule has 0 bridgehead atoms. The van der Waals surface area contributed by atoms with E-state index in [1.165, 1.54) is 6.42 Å². The number of benzene rings is 1. The van der Waals surface area contributed by atoms with Crippen LogP contribution < -0.4 is 0 Å². The van der Waals surface area contributed by atoms with Crippen LogP contribution in [0.5, 0.6) is 0 Å². The van der Waals surface area contributed by atoms with E-state index in [9.17, 15) is 0 Å². The Morgan fingerprint density at radius 3 is 2.59 bits per heavy atom. The number of alkyl halides is 1. The molecule has 0 saturated carbocycles. The van der Waals surface area contributed by atoms with E-state index in [0.29, 0.717) is 0 Å². The van der Waals surface area contributed by atoms with Gasteiger partial charge in [0.05, 0.1) is 0 Å². The molecular weight excluding hydrogens is 277 g/mol. The molecule has 2 rings (SSSR count). The van der Waals surface area contributed by atoms with Crippen LogP contribution in [0.25, 0.3) is 0 Å². The van der Waals surface area contributed by atoms with Crippen LogP contribution in [0.15, 0.2) is 18.2 Å². The zero-order chi connectivity index (χ0) is 12.3. The average Bonchev–Trinajstić information content (AvgIpc) is 2.72. The van der Waals surface area contributed by atoms with Crippen LogP contribution in [-0.2, 0) is 6.54 Å². The van der Waals surface area contributed by atoms with E-state index in [-0.39, 0.29) is 0 Å². The molecule has 1 heterocycles. The highest BCUT2D eigenvalue weighted by atomic mass is 35.5. The van der Waals surface area contributed by atoms with Crippen LogP contribution in [0.4, 0.5) is 0 Å². The summed E-state index contributed by atoms with van der Waals surface area (Å²) in [7, 11) is 0. The fraction of sp³-hybridized carbons (Fsp3) is 0.538. The SMILES string of the molecule is ClCCC1CCN(Cc2c(Cl)cccc2Cl)C1. The van der Waals surface area contributed by atoms with Crippen molar-refractivity contribution in [3.63, 3.8) is 0 Å². The van der Waals surface area contributed by atoms with Gasteiger partial charge in [-0.2, -0.15) is 0 Å². The van der Waals surface area contributed by atoms with E-state index in [1.807, 2.05) is 18.2 Å². The molecule has 0 aromatic heterocycles. The van der Waals surface area contributed by atoms with Gasteiger partial charge >= 0.3 is 0 Å². The zero-order valence-corrected chi connectivity index (χ0v) is 11.9. The predicted octanol–water partition coefficient (Wildman–Crippen LogP) is 4.44. The Kier molecular flexibility index (Phi) is 4.98. The molecular formula is C13H16Cl3N. The summed E-state index contributed by atoms with van der Waals surface area (Å²) in [5.74, 6) is 1.49. The number of hydrogen-bond donors (Lipinski definition) is 0. The Morgan fingerprint density at radius 2 is 1.94 bits per heavy atom. The van der Waals surface area contributed by atoms with E-state index < -0.39 is 0 Å². The third-order valence-corrected chi connectivity index (χ3v) is 4.26. The monoisotopic (exact) mass is 291 g/mol. The van der Waals surface area contributed by atoms with Crippen LogP contribution in [0.1, 0.15) is 18.4 Å². The lowest BCUT2D eigenvalue weighted by molar-refractivity contribution is 0.315. The predicted molar refractivity (Wildman–Crippen MR) is 75.2 cm³/mol. The van der Waals surface area contributed by atoms with Gasteiger partial charge in [0.25, 0.3) is 0 Å². The Morgan fingerprint density at radius 1 is 1.24 bits per heavy atom. The standard InChI is InChI=1S/C13H16Cl3N/c14-6-4-10-5-7-17(8-10)9-11-12(15)2-1-3-13(11)16/h1-3,10H,4-9H2. The molecule has 0 radical (unpaired) electrons. The van der Waals surface area contributed by atoms with Crippen molar-refractivity contribution < 1.29 is 0 Å². The second-order valence-electron chi connectivity index (χ2n) is 4.57. The lowest BCUT2D eigenvalue weighted by Gasteiger charge is -2.17. The summed E-state index contributed by atoms with van der Waals surface area (Å²) in [6.07, 6.45) is 2.34. The van der Waals surface area contributed by atoms with Crippen LogP contribution in [0.3, 0.4) is 0 Å². The molecule has 17 heavy (non-hydrogen) atoms. The smallest absolute Gasteiger partial charge is 0.0465 e. The molecule has 1 aliphatic rings. The van der Waals surface area contributed by atoms with Gasteiger partial charge in [-0.3, -0.25) is 4.90 Å². The fourth-order valence-corrected chi connectivity index (χ4v) is 3.18. The van der Waals surface area contributed by atoms with Gasteiger partial charge in [-0.15, -0.1) is 11.6 Å². The van der Waals surface area contributed by atoms with Crippen molar-refractivity contribution in [2.24, 2.45) is 5.92 Å². The first kappa shape index (κ1) is 13.5. The van der Waals surface area contributed by atoms with Crippen molar-refractivity contribution in [1.82, 2.24) is 4.90 Å². The minimum Gasteiger partial charge on any atom is -0.299 e. The summed E-state index contributed by atoms with van der Waals surface area (Å²) in [6.45, 7) is 3.06. The first-order chi connectivity index (χ1) is 8.20. The highest BCUT2D eigenvalue weighted by Gasteiger charge is 2.22. The quantitative estimate of drug-likeness (QED) is 0.741. The summed E-state index contributed by atoms with van der Waals surface area (Å²) in [4.78, 5) is 2.41. The molecule has 94 valence electrons. The molecule has 0 spiro atoms. The second kappa shape index (κ2) is 6.29. The molecule has 1 aromatic carbocycles. The summed E-state index contributed by atoms with van der Waals surface area (Å²) in [6, 6.07) is 5.68. The van der Waals surface area contributed by atoms with E-state index in [4.69, 9.17) is 34.8 Å². The third kappa shape index (κ3) is 3.51. The lowest BCUT2D eigenvalue weighted by atomic mass is 10.1. The molecule has 0 N–H and O–H groups in total. The Bertz CT molecular complexity index is 361. The third-order valence-electron chi connectivity index (χ3n) is 3.33. The molecule has 1 aliphatic heterocycles. The Balaban J connectivity index is 1.98. The van der Waals surface area contributed by atoms with Crippen molar-refractivity contribution >= 4 is 34.8 Å². The summed E-state index contributed by atoms with van der Waals surface area (Å²) >= 11 is 18.1. The first-order valence-electron chi connectivity index (χ1n) is 5.92. The fourth-order valence-electron chi connectivity index (χ4n) is 2.35. The molecule has 1 unspecified atom stereocenters. The maximum atomic E-state index is 6.17. The largest absolute Gasteiger partial charge is 0.299 e. The van der Waals surface area contributed by atoms with Gasteiger partial charge < -0.3 is 0 Å². The van der Waals surface area contributed by atoms with Crippen LogP contribution in [-0.4, -0.2) is 23.9 Å². The summed E-state index contributed by atoms with van der Waals surface area (Å²) in [5.41, 5.74) is 1.04. The topological polar surface area (TPSA) is 3.24 Å². The average molecular weight is 293 g/mol. The molecule has 0 aliphatic carbocycles. The normalized spacial score (nSPS) is 21.0. The van der Waals surface area contributed by atoms with E-state index >= 15 is 0 Å². The van der Waals surface area contributed by atoms with E-state index in [0.717, 1.165) is 53.5 Å². The zero-order valence-electron chi connectivity index (χ0n) is 9.63. The molecule has 1 saturated heterocycles. The Hall–Kier alpha value is 0.0500. The van der Waals surface area contributed by atoms with Crippen molar-refractivity contribution in [1.29, 1.82) is 0 Å². The highest BCUT2D eigenvalue weighted by molar-refractivity contribution is 6.35. The minimum absolute atomic E-state index is 0.730. The summed E-state index contributed by atoms with van der Waals surface area (Å²) in [5, 5.41) is 1.52. The van der Waals surface area contributed by atoms with Gasteiger partial charge in [0.15, 0.2) is 0 Å². The van der Waals surface area contributed by atoms with Gasteiger partial charge in [0, 0.05) is 34.6 Å². The van der Waals surface area contributed by atoms with E-state index in [1.54, 1.807) is 0 Å². The van der Waals surface area contributed by atoms with Gasteiger partial charge in [-0.1, -0.05) is 29.3 Å². The maximum absolute atomic E-state index is 6.17. The van der Waals surface area contributed by atoms with Crippen molar-refractivity contribution in [2.45, 2.75) is 19.4 Å². The van der Waals surface area contributed by atoms with Crippen LogP contribution >= 0.6 is 34.8 Å². The van der Waals surface area contributed by atoms with Gasteiger partial charge in [-0.05, 0) is 37.4 Å². The second-order valence-corrected chi connectivity index (χ2v) is 5.76. The van der Waals surface area contributed by atoms with Crippen molar-refractivity contribution in [3.8, 4) is 0 Å². The van der Waals surface area contributed by atoms with Gasteiger partial charge in [0.2, 0.25) is 0 Å². The number of likely N-dealkylation sites (tertiary alicyclic amines) is 1. The molecule has 1 nitrogen and oxygen atoms in total. The van der Waals surface area contributed by atoms with Crippen LogP contribution in [0.2, 0.25) is 10.0 Å². The molecule has 1 aromatic rings. The molecule has 4 heteroatoms. The molecule has 0 amide bonds. The number of halogens is 3. The van der Waals surface area contributed by atoms with Crippen molar-refractivity contribution in [2.75, 3.05) is 19.0 Å². The number of rotatable bonds is 4. The van der Waals surface area contributed by atoms with E-state index in [2.05, 4.69) is 4.90 Å². The Labute approximate surface area is 118 Å². The number of nitrogens with zero attached hydrogens (tertiary/aromatic N) is 1. The summed E-state index contributed by atoms with van der Waals surface area (Å²) < 4.78 is 0. The van der Waals surface area contributed by atoms with Gasteiger partial charge in [-0.25, -0.2) is 0 Å². The maximum Gasteiger partial charge on any atom is 0.0465 e. The lowest BCUT2D eigenvalue weighted by Crippen LogP contribution is -2.20. The van der Waals surface area contributed by atoms with Crippen molar-refractivity contribution in [3.05, 3.63) is 33.8 Å². The first-order valence-corrected chi connectivity index (χ1v) is 7.21. The molecule has 1 fully saturated rings. The van der Waals surface area contributed by atoms with Crippen LogP contribution in [0, 0.1) is 5.92 Å².